The van der Waals surface area contributed by atoms with Gasteiger partial charge in [-0.2, -0.15) is 0 Å². The number of methoxy groups -OCH3 is 1. The van der Waals surface area contributed by atoms with Crippen LogP contribution in [0.1, 0.15) is 11.1 Å². The Morgan fingerprint density at radius 1 is 1.33 bits per heavy atom. The van der Waals surface area contributed by atoms with Crippen molar-refractivity contribution in [3.63, 3.8) is 0 Å². The lowest BCUT2D eigenvalue weighted by atomic mass is 10.1. The van der Waals surface area contributed by atoms with Crippen LogP contribution in [-0.4, -0.2) is 60.4 Å². The molecule has 0 aromatic heterocycles. The third-order valence-electron chi connectivity index (χ3n) is 3.00. The summed E-state index contributed by atoms with van der Waals surface area (Å²) in [6.07, 6.45) is 0.222. The van der Waals surface area contributed by atoms with E-state index in [0.29, 0.717) is 18.7 Å². The number of nitrogens with zero attached hydrogens (tertiary/aromatic N) is 2. The Kier molecular flexibility index (Phi) is 7.20. The van der Waals surface area contributed by atoms with Gasteiger partial charge in [0.25, 0.3) is 0 Å². The number of carbonyl (C=O) groups is 1. The van der Waals surface area contributed by atoms with Gasteiger partial charge in [0, 0.05) is 25.8 Å². The minimum atomic E-state index is -0.0855. The van der Waals surface area contributed by atoms with Gasteiger partial charge in [-0.3, -0.25) is 4.79 Å². The maximum Gasteiger partial charge on any atom is 0.227 e. The second-order valence-electron chi connectivity index (χ2n) is 4.46. The first-order valence-corrected chi connectivity index (χ1v) is 6.56. The Hall–Kier alpha value is -2.12. The minimum Gasteiger partial charge on any atom is -0.409 e. The number of nitrogens with two attached hydrogens (primary N) is 1. The molecule has 0 unspecified atom stereocenters. The van der Waals surface area contributed by atoms with Crippen LogP contribution < -0.4 is 5.73 Å². The second-order valence-corrected chi connectivity index (χ2v) is 4.46. The lowest BCUT2D eigenvalue weighted by Gasteiger charge is -2.21. The van der Waals surface area contributed by atoms with E-state index in [1.165, 1.54) is 0 Å². The molecule has 1 aromatic carbocycles. The van der Waals surface area contributed by atoms with E-state index in [9.17, 15) is 4.79 Å². The zero-order valence-corrected chi connectivity index (χ0v) is 12.0. The van der Waals surface area contributed by atoms with Crippen molar-refractivity contribution >= 4 is 11.7 Å². The fourth-order valence-electron chi connectivity index (χ4n) is 1.82. The van der Waals surface area contributed by atoms with E-state index < -0.39 is 0 Å². The third-order valence-corrected chi connectivity index (χ3v) is 3.00. The van der Waals surface area contributed by atoms with Crippen LogP contribution in [0.25, 0.3) is 0 Å². The number of ether oxygens (including phenoxy) is 1. The highest BCUT2D eigenvalue weighted by Gasteiger charge is 2.13. The van der Waals surface area contributed by atoms with Gasteiger partial charge in [-0.15, -0.1) is 0 Å². The molecular weight excluding hydrogens is 274 g/mol. The maximum atomic E-state index is 12.2. The number of amides is 1. The normalized spacial score (nSPS) is 11.4. The molecule has 1 rings (SSSR count). The molecule has 0 radical (unpaired) electrons. The molecule has 7 nitrogen and oxygen atoms in total. The lowest BCUT2D eigenvalue weighted by Crippen LogP contribution is -2.37. The van der Waals surface area contributed by atoms with E-state index in [0.717, 1.165) is 5.56 Å². The Bertz CT molecular complexity index is 474. The maximum absolute atomic E-state index is 12.2. The molecule has 0 saturated heterocycles. The first-order valence-electron chi connectivity index (χ1n) is 6.56. The van der Waals surface area contributed by atoms with Gasteiger partial charge in [0.05, 0.1) is 19.6 Å². The average molecular weight is 295 g/mol. The molecule has 0 saturated carbocycles. The molecule has 0 bridgehead atoms. The van der Waals surface area contributed by atoms with E-state index in [1.807, 2.05) is 0 Å². The lowest BCUT2D eigenvalue weighted by molar-refractivity contribution is -0.131. The van der Waals surface area contributed by atoms with Gasteiger partial charge in [-0.25, -0.2) is 0 Å². The molecule has 7 heteroatoms. The van der Waals surface area contributed by atoms with E-state index in [-0.39, 0.29) is 31.3 Å². The summed E-state index contributed by atoms with van der Waals surface area (Å²) in [6, 6.07) is 6.86. The number of benzene rings is 1. The molecule has 116 valence electrons. The summed E-state index contributed by atoms with van der Waals surface area (Å²) in [4.78, 5) is 13.7. The van der Waals surface area contributed by atoms with Crippen LogP contribution in [0.4, 0.5) is 0 Å². The van der Waals surface area contributed by atoms with E-state index in [2.05, 4.69) is 5.16 Å². The van der Waals surface area contributed by atoms with Gasteiger partial charge in [0.1, 0.15) is 0 Å². The van der Waals surface area contributed by atoms with Crippen molar-refractivity contribution in [1.29, 1.82) is 0 Å². The third kappa shape index (κ3) is 5.41. The van der Waals surface area contributed by atoms with Gasteiger partial charge >= 0.3 is 0 Å². The summed E-state index contributed by atoms with van der Waals surface area (Å²) >= 11 is 0. The summed E-state index contributed by atoms with van der Waals surface area (Å²) < 4.78 is 4.95. The number of rotatable bonds is 8. The van der Waals surface area contributed by atoms with E-state index in [4.69, 9.17) is 20.8 Å². The van der Waals surface area contributed by atoms with Crippen LogP contribution in [0.5, 0.6) is 0 Å². The zero-order chi connectivity index (χ0) is 15.7. The number of aliphatic hydroxyl groups excluding tert-OH is 1. The predicted octanol–water partition coefficient (Wildman–Crippen LogP) is -0.209. The van der Waals surface area contributed by atoms with Crippen molar-refractivity contribution in [2.45, 2.75) is 6.42 Å². The molecule has 0 fully saturated rings. The molecule has 0 spiro atoms. The van der Waals surface area contributed by atoms with Crippen molar-refractivity contribution < 1.29 is 19.8 Å². The van der Waals surface area contributed by atoms with Gasteiger partial charge in [0.15, 0.2) is 5.84 Å². The molecule has 0 heterocycles. The SMILES string of the molecule is COCCN(CCO)C(=O)Cc1ccc(/C(N)=N/O)cc1. The van der Waals surface area contributed by atoms with Crippen LogP contribution in [0, 0.1) is 0 Å². The number of amidine groups is 1. The van der Waals surface area contributed by atoms with Gasteiger partial charge < -0.3 is 25.7 Å². The number of hydrogen-bond donors (Lipinski definition) is 3. The standard InChI is InChI=1S/C14H21N3O4/c1-21-9-7-17(6-8-18)13(19)10-11-2-4-12(5-3-11)14(15)16-20/h2-5,18,20H,6-10H2,1H3,(H2,15,16). The van der Waals surface area contributed by atoms with Crippen molar-refractivity contribution in [3.05, 3.63) is 35.4 Å². The van der Waals surface area contributed by atoms with Crippen LogP contribution >= 0.6 is 0 Å². The van der Waals surface area contributed by atoms with Crippen LogP contribution in [-0.2, 0) is 16.0 Å². The molecular formula is C14H21N3O4. The molecule has 0 aliphatic rings. The van der Waals surface area contributed by atoms with Gasteiger partial charge in [0.2, 0.25) is 5.91 Å². The topological polar surface area (TPSA) is 108 Å². The molecule has 0 atom stereocenters. The fraction of sp³-hybridized carbons (Fsp3) is 0.429. The van der Waals surface area contributed by atoms with Crippen molar-refractivity contribution in [3.8, 4) is 0 Å². The largest absolute Gasteiger partial charge is 0.409 e. The summed E-state index contributed by atoms with van der Waals surface area (Å²) in [5.74, 6) is -0.0625. The Morgan fingerprint density at radius 2 is 2.00 bits per heavy atom. The molecule has 4 N–H and O–H groups in total. The second kappa shape index (κ2) is 8.93. The monoisotopic (exact) mass is 295 g/mol. The number of carbonyl (C=O) groups excluding carboxylic acids is 1. The van der Waals surface area contributed by atoms with Gasteiger partial charge in [-0.05, 0) is 5.56 Å². The van der Waals surface area contributed by atoms with E-state index in [1.54, 1.807) is 36.3 Å². The zero-order valence-electron chi connectivity index (χ0n) is 12.0. The summed E-state index contributed by atoms with van der Waals surface area (Å²) in [7, 11) is 1.56. The highest BCUT2D eigenvalue weighted by molar-refractivity contribution is 5.97. The Balaban J connectivity index is 2.67. The first kappa shape index (κ1) is 16.9. The highest BCUT2D eigenvalue weighted by Crippen LogP contribution is 2.07. The average Bonchev–Trinajstić information content (AvgIpc) is 2.51. The molecule has 0 aliphatic heterocycles. The fourth-order valence-corrected chi connectivity index (χ4v) is 1.82. The first-order chi connectivity index (χ1) is 10.1. The van der Waals surface area contributed by atoms with Crippen molar-refractivity contribution in [2.75, 3.05) is 33.4 Å². The quantitative estimate of drug-likeness (QED) is 0.266. The smallest absolute Gasteiger partial charge is 0.227 e. The molecule has 21 heavy (non-hydrogen) atoms. The predicted molar refractivity (Wildman–Crippen MR) is 78.2 cm³/mol. The summed E-state index contributed by atoms with van der Waals surface area (Å²) in [5.41, 5.74) is 6.87. The molecule has 0 aliphatic carbocycles. The molecule has 1 amide bonds. The highest BCUT2D eigenvalue weighted by atomic mass is 16.5. The van der Waals surface area contributed by atoms with Crippen LogP contribution in [0.3, 0.4) is 0 Å². The van der Waals surface area contributed by atoms with E-state index >= 15 is 0 Å². The van der Waals surface area contributed by atoms with Crippen molar-refractivity contribution in [1.82, 2.24) is 4.90 Å². The molecule has 1 aromatic rings. The number of oxime groups is 1. The van der Waals surface area contributed by atoms with Crippen LogP contribution in [0.15, 0.2) is 29.4 Å². The minimum absolute atomic E-state index is 0.0230. The summed E-state index contributed by atoms with van der Waals surface area (Å²) in [5, 5.41) is 20.5. The summed E-state index contributed by atoms with van der Waals surface area (Å²) in [6.45, 7) is 1.06. The van der Waals surface area contributed by atoms with Gasteiger partial charge in [-0.1, -0.05) is 29.4 Å². The number of hydrogen-bond acceptors (Lipinski definition) is 5. The van der Waals surface area contributed by atoms with Crippen molar-refractivity contribution in [2.24, 2.45) is 10.9 Å². The Labute approximate surface area is 123 Å². The van der Waals surface area contributed by atoms with Crippen LogP contribution in [0.2, 0.25) is 0 Å². The Morgan fingerprint density at radius 3 is 2.52 bits per heavy atom. The number of aliphatic hydroxyl groups is 1.